The Morgan fingerprint density at radius 2 is 1.71 bits per heavy atom. The molecule has 0 N–H and O–H groups in total. The minimum absolute atomic E-state index is 0.0433. The minimum atomic E-state index is -0.275. The Hall–Kier alpha value is -0.120. The predicted molar refractivity (Wildman–Crippen MR) is 84.8 cm³/mol. The zero-order valence-electron chi connectivity index (χ0n) is 11.9. The molecule has 1 aromatic rings. The molecule has 0 radical (unpaired) electrons. The molecule has 4 bridgehead atoms. The maximum absolute atomic E-state index is 13.7. The normalized spacial score (nSPS) is 37.2. The first kappa shape index (κ1) is 14.5. The first-order chi connectivity index (χ1) is 10.0. The van der Waals surface area contributed by atoms with Crippen LogP contribution in [0.1, 0.15) is 44.1 Å². The van der Waals surface area contributed by atoms with Crippen LogP contribution in [0.3, 0.4) is 0 Å². The molecule has 4 aliphatic carbocycles. The molecule has 0 spiro atoms. The average molecular weight is 374 g/mol. The van der Waals surface area contributed by atoms with E-state index in [1.807, 2.05) is 0 Å². The van der Waals surface area contributed by atoms with Gasteiger partial charge in [-0.1, -0.05) is 11.6 Å². The lowest BCUT2D eigenvalue weighted by atomic mass is 9.54. The van der Waals surface area contributed by atoms with Gasteiger partial charge in [-0.3, -0.25) is 0 Å². The summed E-state index contributed by atoms with van der Waals surface area (Å²) in [5.74, 6) is 2.29. The third kappa shape index (κ3) is 2.66. The molecule has 0 aromatic heterocycles. The van der Waals surface area contributed by atoms with Gasteiger partial charge in [-0.2, -0.15) is 0 Å². The Morgan fingerprint density at radius 3 is 2.29 bits per heavy atom. The third-order valence-corrected chi connectivity index (χ3v) is 6.56. The monoisotopic (exact) mass is 372 g/mol. The van der Waals surface area contributed by atoms with Gasteiger partial charge >= 0.3 is 0 Å². The van der Waals surface area contributed by atoms with Crippen LogP contribution in [-0.2, 0) is 11.3 Å². The van der Waals surface area contributed by atoms with Gasteiger partial charge in [-0.05, 0) is 89.9 Å². The molecule has 4 fully saturated rings. The Labute approximate surface area is 138 Å². The molecule has 0 heterocycles. The van der Waals surface area contributed by atoms with E-state index in [9.17, 15) is 4.39 Å². The van der Waals surface area contributed by atoms with E-state index in [-0.39, 0.29) is 11.4 Å². The number of ether oxygens (including phenoxy) is 1. The average Bonchev–Trinajstić information content (AvgIpc) is 2.40. The maximum Gasteiger partial charge on any atom is 0.137 e. The van der Waals surface area contributed by atoms with E-state index in [2.05, 4.69) is 15.9 Å². The fraction of sp³-hybridized carbons (Fsp3) is 0.647. The van der Waals surface area contributed by atoms with Crippen LogP contribution in [0, 0.1) is 23.6 Å². The van der Waals surface area contributed by atoms with E-state index >= 15 is 0 Å². The van der Waals surface area contributed by atoms with E-state index in [1.54, 1.807) is 6.07 Å². The second-order valence-electron chi connectivity index (χ2n) is 7.25. The van der Waals surface area contributed by atoms with Crippen molar-refractivity contribution in [1.82, 2.24) is 0 Å². The summed E-state index contributed by atoms with van der Waals surface area (Å²) in [6, 6.07) is 3.11. The Morgan fingerprint density at radius 1 is 1.14 bits per heavy atom. The summed E-state index contributed by atoms with van der Waals surface area (Å²) in [7, 11) is 0. The lowest BCUT2D eigenvalue weighted by molar-refractivity contribution is -0.168. The van der Waals surface area contributed by atoms with Crippen LogP contribution in [0.25, 0.3) is 0 Å². The quantitative estimate of drug-likeness (QED) is 0.615. The minimum Gasteiger partial charge on any atom is -0.370 e. The molecule has 0 atom stereocenters. The molecular formula is C17H19BrClFO. The van der Waals surface area contributed by atoms with Gasteiger partial charge in [0.1, 0.15) is 5.82 Å². The smallest absolute Gasteiger partial charge is 0.137 e. The van der Waals surface area contributed by atoms with Crippen molar-refractivity contribution in [2.24, 2.45) is 17.8 Å². The van der Waals surface area contributed by atoms with Crippen molar-refractivity contribution in [3.8, 4) is 0 Å². The lowest BCUT2D eigenvalue weighted by Gasteiger charge is -2.56. The molecule has 1 aromatic carbocycles. The van der Waals surface area contributed by atoms with E-state index < -0.39 is 0 Å². The second-order valence-corrected chi connectivity index (χ2v) is 8.51. The van der Waals surface area contributed by atoms with Crippen LogP contribution in [0.15, 0.2) is 16.6 Å². The second kappa shape index (κ2) is 5.21. The Kier molecular flexibility index (Phi) is 3.59. The molecule has 4 saturated carbocycles. The van der Waals surface area contributed by atoms with Crippen LogP contribution in [0.4, 0.5) is 4.39 Å². The van der Waals surface area contributed by atoms with E-state index in [0.717, 1.165) is 23.3 Å². The van der Waals surface area contributed by atoms with Crippen molar-refractivity contribution in [3.63, 3.8) is 0 Å². The van der Waals surface area contributed by atoms with Crippen LogP contribution in [0.5, 0.6) is 0 Å². The number of hydrogen-bond donors (Lipinski definition) is 0. The van der Waals surface area contributed by atoms with Crippen molar-refractivity contribution in [1.29, 1.82) is 0 Å². The first-order valence-electron chi connectivity index (χ1n) is 7.80. The van der Waals surface area contributed by atoms with Gasteiger partial charge < -0.3 is 4.74 Å². The number of benzene rings is 1. The highest BCUT2D eigenvalue weighted by Gasteiger charge is 2.51. The van der Waals surface area contributed by atoms with Crippen LogP contribution in [-0.4, -0.2) is 5.60 Å². The molecular weight excluding hydrogens is 355 g/mol. The molecule has 5 rings (SSSR count). The number of rotatable bonds is 3. The third-order valence-electron chi connectivity index (χ3n) is 5.61. The van der Waals surface area contributed by atoms with Crippen molar-refractivity contribution in [2.45, 2.75) is 50.7 Å². The molecule has 0 saturated heterocycles. The first-order valence-corrected chi connectivity index (χ1v) is 8.97. The summed E-state index contributed by atoms with van der Waals surface area (Å²) >= 11 is 9.37. The Balaban J connectivity index is 1.51. The Bertz CT molecular complexity index is 539. The predicted octanol–water partition coefficient (Wildman–Crippen LogP) is 5.73. The largest absolute Gasteiger partial charge is 0.370 e. The fourth-order valence-electron chi connectivity index (χ4n) is 5.11. The van der Waals surface area contributed by atoms with E-state index in [0.29, 0.717) is 16.1 Å². The molecule has 0 amide bonds. The highest BCUT2D eigenvalue weighted by atomic mass is 79.9. The van der Waals surface area contributed by atoms with Gasteiger partial charge in [0.25, 0.3) is 0 Å². The summed E-state index contributed by atoms with van der Waals surface area (Å²) in [4.78, 5) is 0. The van der Waals surface area contributed by atoms with Gasteiger partial charge in [0, 0.05) is 5.02 Å². The maximum atomic E-state index is 13.7. The van der Waals surface area contributed by atoms with Crippen molar-refractivity contribution >= 4 is 27.5 Å². The SMILES string of the molecule is Fc1cc(COC23CC4CC(CC(C4)C2)C3)c(Cl)cc1Br. The summed E-state index contributed by atoms with van der Waals surface area (Å²) < 4.78 is 20.4. The summed E-state index contributed by atoms with van der Waals surface area (Å²) in [5.41, 5.74) is 0.801. The summed E-state index contributed by atoms with van der Waals surface area (Å²) in [6.07, 6.45) is 7.77. The molecule has 1 nitrogen and oxygen atoms in total. The van der Waals surface area contributed by atoms with Crippen molar-refractivity contribution in [2.75, 3.05) is 0 Å². The van der Waals surface area contributed by atoms with Gasteiger partial charge in [0.05, 0.1) is 16.7 Å². The molecule has 4 heteroatoms. The van der Waals surface area contributed by atoms with Crippen LogP contribution >= 0.6 is 27.5 Å². The highest BCUT2D eigenvalue weighted by Crippen LogP contribution is 2.57. The van der Waals surface area contributed by atoms with Crippen LogP contribution in [0.2, 0.25) is 5.02 Å². The number of halogens is 3. The van der Waals surface area contributed by atoms with E-state index in [4.69, 9.17) is 16.3 Å². The molecule has 114 valence electrons. The zero-order valence-corrected chi connectivity index (χ0v) is 14.2. The van der Waals surface area contributed by atoms with Gasteiger partial charge in [0.15, 0.2) is 0 Å². The molecule has 0 aliphatic heterocycles. The molecule has 0 unspecified atom stereocenters. The fourth-order valence-corrected chi connectivity index (χ4v) is 5.81. The van der Waals surface area contributed by atoms with Gasteiger partial charge in [-0.25, -0.2) is 4.39 Å². The van der Waals surface area contributed by atoms with Crippen molar-refractivity contribution < 1.29 is 9.13 Å². The van der Waals surface area contributed by atoms with Crippen LogP contribution < -0.4 is 0 Å². The molecule has 4 aliphatic rings. The summed E-state index contributed by atoms with van der Waals surface area (Å²) in [5, 5.41) is 0.577. The lowest BCUT2D eigenvalue weighted by Crippen LogP contribution is -2.51. The molecule has 21 heavy (non-hydrogen) atoms. The van der Waals surface area contributed by atoms with E-state index in [1.165, 1.54) is 44.6 Å². The topological polar surface area (TPSA) is 9.23 Å². The van der Waals surface area contributed by atoms with Gasteiger partial charge in [-0.15, -0.1) is 0 Å². The van der Waals surface area contributed by atoms with Gasteiger partial charge in [0.2, 0.25) is 0 Å². The highest BCUT2D eigenvalue weighted by molar-refractivity contribution is 9.10. The van der Waals surface area contributed by atoms with Crippen molar-refractivity contribution in [3.05, 3.63) is 33.0 Å². The summed E-state index contributed by atoms with van der Waals surface area (Å²) in [6.45, 7) is 0.426. The number of hydrogen-bond acceptors (Lipinski definition) is 1. The zero-order chi connectivity index (χ0) is 14.6. The standard InChI is InChI=1S/C17H19BrClFO/c18-14-5-15(19)13(4-16(14)20)9-21-17-6-10-1-11(7-17)3-12(2-10)8-17/h4-5,10-12H,1-3,6-9H2.